The fourth-order valence-corrected chi connectivity index (χ4v) is 0. The normalized spacial score (nSPS) is 2.18. The first kappa shape index (κ1) is 232. The summed E-state index contributed by atoms with van der Waals surface area (Å²) in [6.45, 7) is 0. The predicted octanol–water partition coefficient (Wildman–Crippen LogP) is -10.4. The second kappa shape index (κ2) is 202. The van der Waals surface area contributed by atoms with Gasteiger partial charge in [-0.2, -0.15) is 0 Å². The molecule has 1 radical (unpaired) electrons. The quantitative estimate of drug-likeness (QED) is 0.183. The van der Waals surface area contributed by atoms with Crippen LogP contribution in [0.4, 0.5) is 0 Å². The van der Waals surface area contributed by atoms with E-state index in [4.69, 9.17) is 30.6 Å². The largest absolute Gasteiger partial charge is 3.00 e. The van der Waals surface area contributed by atoms with Crippen molar-refractivity contribution < 1.29 is 166 Å². The van der Waals surface area contributed by atoms with Gasteiger partial charge in [-0.05, 0) is 0 Å². The molecule has 0 atom stereocenters. The molecule has 0 aliphatic rings. The Balaban J connectivity index is -0.00000000143. The fraction of sp³-hybridized carbons (Fsp3) is 0. The zero-order chi connectivity index (χ0) is 7.15. The van der Waals surface area contributed by atoms with Crippen molar-refractivity contribution >= 4 is 0 Å². The van der Waals surface area contributed by atoms with E-state index in [9.17, 15) is 0 Å². The average molecular weight is 636 g/mol. The van der Waals surface area contributed by atoms with Crippen LogP contribution in [0.1, 0.15) is 0 Å². The van der Waals surface area contributed by atoms with Gasteiger partial charge < -0.3 is 96.4 Å². The van der Waals surface area contributed by atoms with Gasteiger partial charge in [0, 0.05) is 0 Å². The van der Waals surface area contributed by atoms with Crippen LogP contribution in [-0.2, 0) is 0 Å². The molecule has 0 unspecified atom stereocenters. The molecule has 0 rings (SSSR count). The number of nitrogens with zero attached hydrogens (tertiary/aromatic N) is 2. The van der Waals surface area contributed by atoms with Crippen molar-refractivity contribution in [3.8, 4) is 0 Å². The SMILES string of the molecule is O.O.O.O.O.O.O.O.O.O.O.O.O=[N+]([O-])[O-].O=[N+]([O-])[O-].[Eu+3].[Nd+3]. The molecule has 24 N–H and O–H groups in total. The van der Waals surface area contributed by atoms with E-state index >= 15 is 0 Å². The van der Waals surface area contributed by atoms with Crippen molar-refractivity contribution in [2.45, 2.75) is 0 Å². The molecule has 0 aromatic rings. The van der Waals surface area contributed by atoms with Gasteiger partial charge >= 0.3 is 90.2 Å². The van der Waals surface area contributed by atoms with Gasteiger partial charge in [0.2, 0.25) is 0 Å². The molecule has 0 bridgehead atoms. The van der Waals surface area contributed by atoms with Crippen LogP contribution >= 0.6 is 0 Å². The van der Waals surface area contributed by atoms with Gasteiger partial charge in [0.15, 0.2) is 0 Å². The standard InChI is InChI=1S/Eu.2NO3.Nd.12H2O/c;2*2-1(3)4;;;;;;;;;;;;;/h;;;;12*1H2/q+3;2*-1;+3;;;;;;;;;;;;. The Morgan fingerprint density at radius 2 is 0.409 bits per heavy atom. The zero-order valence-electron chi connectivity index (χ0n) is 10.2. The van der Waals surface area contributed by atoms with Crippen molar-refractivity contribution in [2.75, 3.05) is 0 Å². The van der Waals surface area contributed by atoms with Crippen molar-refractivity contribution in [3.05, 3.63) is 30.6 Å². The van der Waals surface area contributed by atoms with Gasteiger partial charge in [-0.1, -0.05) is 0 Å². The smallest absolute Gasteiger partial charge is 0.412 e. The van der Waals surface area contributed by atoms with E-state index in [0.29, 0.717) is 0 Å². The monoisotopic (exact) mass is 635 g/mol. The molecule has 0 amide bonds. The summed E-state index contributed by atoms with van der Waals surface area (Å²) in [5.41, 5.74) is 0. The number of rotatable bonds is 0. The van der Waals surface area contributed by atoms with Crippen LogP contribution in [0.3, 0.4) is 0 Å². The molecule has 0 spiro atoms. The predicted molar refractivity (Wildman–Crippen MR) is 64.1 cm³/mol. The molecule has 0 aliphatic heterocycles. The van der Waals surface area contributed by atoms with Gasteiger partial charge in [-0.3, -0.25) is 0 Å². The number of hydrogen-bond acceptors (Lipinski definition) is 6. The summed E-state index contributed by atoms with van der Waals surface area (Å²) in [7, 11) is 0. The first-order valence-corrected chi connectivity index (χ1v) is 1.10. The molecular weight excluding hydrogens is 612 g/mol. The third-order valence-corrected chi connectivity index (χ3v) is 0. The van der Waals surface area contributed by atoms with Crippen LogP contribution in [0.2, 0.25) is 0 Å². The topological polar surface area (TPSA) is 510 Å². The van der Waals surface area contributed by atoms with E-state index in [-0.39, 0.29) is 156 Å². The first-order valence-electron chi connectivity index (χ1n) is 1.10. The molecule has 0 saturated carbocycles. The van der Waals surface area contributed by atoms with Crippen LogP contribution in [0.5, 0.6) is 0 Å². The molecule has 0 fully saturated rings. The van der Waals surface area contributed by atoms with E-state index in [1.165, 1.54) is 0 Å². The minimum atomic E-state index is -1.75. The van der Waals surface area contributed by atoms with Crippen LogP contribution in [0.15, 0.2) is 0 Å². The second-order valence-corrected chi connectivity index (χ2v) is 0.447. The van der Waals surface area contributed by atoms with Gasteiger partial charge in [0.25, 0.3) is 0 Å². The van der Waals surface area contributed by atoms with E-state index in [1.807, 2.05) is 0 Å². The third kappa shape index (κ3) is 11200. The van der Waals surface area contributed by atoms with Crippen molar-refractivity contribution in [1.82, 2.24) is 0 Å². The van der Waals surface area contributed by atoms with Gasteiger partial charge in [-0.25, -0.2) is 0 Å². The van der Waals surface area contributed by atoms with Crippen LogP contribution in [-0.4, -0.2) is 75.9 Å². The summed E-state index contributed by atoms with van der Waals surface area (Å²) in [6, 6.07) is 0. The van der Waals surface area contributed by atoms with Gasteiger partial charge in [-0.15, -0.1) is 0 Å². The Morgan fingerprint density at radius 1 is 0.409 bits per heavy atom. The summed E-state index contributed by atoms with van der Waals surface area (Å²) in [4.78, 5) is 16.5. The fourth-order valence-electron chi connectivity index (χ4n) is 0. The third-order valence-electron chi connectivity index (χ3n) is 0. The molecule has 20 nitrogen and oxygen atoms in total. The molecule has 149 valence electrons. The minimum absolute atomic E-state index is 0. The Kier molecular flexibility index (Phi) is 2140. The second-order valence-electron chi connectivity index (χ2n) is 0.447. The van der Waals surface area contributed by atoms with Crippen molar-refractivity contribution in [3.63, 3.8) is 0 Å². The van der Waals surface area contributed by atoms with E-state index in [2.05, 4.69) is 0 Å². The first-order chi connectivity index (χ1) is 3.46. The van der Waals surface area contributed by atoms with Crippen molar-refractivity contribution in [1.29, 1.82) is 0 Å². The molecule has 0 aromatic carbocycles. The Labute approximate surface area is 194 Å². The van der Waals surface area contributed by atoms with Crippen LogP contribution in [0.25, 0.3) is 0 Å². The maximum Gasteiger partial charge on any atom is 3.00 e. The van der Waals surface area contributed by atoms with Crippen molar-refractivity contribution in [2.24, 2.45) is 0 Å². The molecule has 0 aromatic heterocycles. The Morgan fingerprint density at radius 3 is 0.409 bits per heavy atom. The average Bonchev–Trinajstić information content (AvgIpc) is 1.25. The molecular formula is H24EuN2NdO18+4. The maximum atomic E-state index is 8.25. The summed E-state index contributed by atoms with van der Waals surface area (Å²) >= 11 is 0. The molecule has 22 heteroatoms. The van der Waals surface area contributed by atoms with Gasteiger partial charge in [0.05, 0.1) is 10.2 Å². The Bertz CT molecular complexity index is 79.1. The van der Waals surface area contributed by atoms with Gasteiger partial charge in [0.1, 0.15) is 0 Å². The number of hydrogen-bond donors (Lipinski definition) is 0. The molecule has 0 aliphatic carbocycles. The summed E-state index contributed by atoms with van der Waals surface area (Å²) in [5, 5.41) is 29.5. The van der Waals surface area contributed by atoms with E-state index < -0.39 is 10.2 Å². The zero-order valence-corrected chi connectivity index (χ0v) is 15.9. The summed E-state index contributed by atoms with van der Waals surface area (Å²) in [5.74, 6) is 0. The van der Waals surface area contributed by atoms with Crippen LogP contribution < -0.4 is 0 Å². The Hall–Kier alpha value is 0.855. The van der Waals surface area contributed by atoms with E-state index in [0.717, 1.165) is 0 Å². The minimum Gasteiger partial charge on any atom is -0.412 e. The summed E-state index contributed by atoms with van der Waals surface area (Å²) in [6.07, 6.45) is 0. The molecule has 0 heterocycles. The van der Waals surface area contributed by atoms with E-state index in [1.54, 1.807) is 0 Å². The summed E-state index contributed by atoms with van der Waals surface area (Å²) < 4.78 is 0. The molecule has 0 saturated heterocycles. The maximum absolute atomic E-state index is 8.25. The van der Waals surface area contributed by atoms with Crippen LogP contribution in [0, 0.1) is 121 Å². The molecule has 22 heavy (non-hydrogen) atoms.